The highest BCUT2D eigenvalue weighted by Gasteiger charge is 2.12. The predicted molar refractivity (Wildman–Crippen MR) is 71.4 cm³/mol. The van der Waals surface area contributed by atoms with Crippen molar-refractivity contribution in [3.05, 3.63) is 34.6 Å². The second-order valence-electron chi connectivity index (χ2n) is 4.20. The molecule has 17 heavy (non-hydrogen) atoms. The first-order chi connectivity index (χ1) is 7.90. The molecule has 0 radical (unpaired) electrons. The minimum atomic E-state index is -0.834. The minimum Gasteiger partial charge on any atom is -0.307 e. The molecule has 1 N–H and O–H groups in total. The van der Waals surface area contributed by atoms with Gasteiger partial charge in [-0.15, -0.1) is 0 Å². The molecule has 0 spiro atoms. The van der Waals surface area contributed by atoms with Crippen molar-refractivity contribution in [2.75, 3.05) is 12.0 Å². The Morgan fingerprint density at radius 3 is 2.65 bits per heavy atom. The summed E-state index contributed by atoms with van der Waals surface area (Å²) in [7, 11) is -0.834. The molecule has 96 valence electrons. The van der Waals surface area contributed by atoms with Gasteiger partial charge in [0.15, 0.2) is 0 Å². The molecule has 0 aromatic heterocycles. The zero-order valence-electron chi connectivity index (χ0n) is 10.2. The summed E-state index contributed by atoms with van der Waals surface area (Å²) < 4.78 is 24.3. The molecule has 0 aliphatic rings. The van der Waals surface area contributed by atoms with Crippen LogP contribution >= 0.6 is 11.6 Å². The van der Waals surface area contributed by atoms with Crippen molar-refractivity contribution in [2.45, 2.75) is 25.9 Å². The first kappa shape index (κ1) is 14.6. The Morgan fingerprint density at radius 2 is 2.12 bits per heavy atom. The fourth-order valence-corrected chi connectivity index (χ4v) is 2.62. The quantitative estimate of drug-likeness (QED) is 0.897. The van der Waals surface area contributed by atoms with E-state index in [0.29, 0.717) is 5.75 Å². The zero-order valence-corrected chi connectivity index (χ0v) is 11.7. The molecule has 1 aromatic rings. The summed E-state index contributed by atoms with van der Waals surface area (Å²) in [6, 6.07) is 4.89. The summed E-state index contributed by atoms with van der Waals surface area (Å²) in [6.07, 6.45) is 1.67. The maximum atomic E-state index is 13.3. The average Bonchev–Trinajstić information content (AvgIpc) is 2.20. The fraction of sp³-hybridized carbons (Fsp3) is 0.500. The highest BCUT2D eigenvalue weighted by Crippen LogP contribution is 2.20. The first-order valence-corrected chi connectivity index (χ1v) is 7.51. The molecule has 1 aromatic carbocycles. The van der Waals surface area contributed by atoms with E-state index >= 15 is 0 Å². The molecule has 3 unspecified atom stereocenters. The third-order valence-corrected chi connectivity index (χ3v) is 3.74. The zero-order chi connectivity index (χ0) is 13.0. The molecule has 2 nitrogen and oxygen atoms in total. The lowest BCUT2D eigenvalue weighted by molar-refractivity contribution is 0.505. The van der Waals surface area contributed by atoms with Crippen LogP contribution in [-0.4, -0.2) is 22.3 Å². The predicted octanol–water partition coefficient (Wildman–Crippen LogP) is 2.90. The van der Waals surface area contributed by atoms with Crippen LogP contribution in [0.15, 0.2) is 18.2 Å². The van der Waals surface area contributed by atoms with Crippen molar-refractivity contribution in [3.8, 4) is 0 Å². The lowest BCUT2D eigenvalue weighted by Gasteiger charge is -2.19. The summed E-state index contributed by atoms with van der Waals surface area (Å²) in [6.45, 7) is 3.90. The van der Waals surface area contributed by atoms with Crippen molar-refractivity contribution >= 4 is 22.4 Å². The minimum absolute atomic E-state index is 0.000293. The van der Waals surface area contributed by atoms with E-state index in [1.807, 2.05) is 13.8 Å². The molecule has 0 saturated carbocycles. The second-order valence-corrected chi connectivity index (χ2v) is 6.09. The molecule has 0 aliphatic carbocycles. The van der Waals surface area contributed by atoms with Crippen LogP contribution in [0.2, 0.25) is 5.02 Å². The number of hydrogen-bond donors (Lipinski definition) is 1. The van der Waals surface area contributed by atoms with E-state index in [2.05, 4.69) is 5.32 Å². The van der Waals surface area contributed by atoms with Crippen LogP contribution in [0.3, 0.4) is 0 Å². The first-order valence-electron chi connectivity index (χ1n) is 5.41. The summed E-state index contributed by atoms with van der Waals surface area (Å²) >= 11 is 5.62. The van der Waals surface area contributed by atoms with E-state index in [-0.39, 0.29) is 17.1 Å². The van der Waals surface area contributed by atoms with Crippen molar-refractivity contribution < 1.29 is 8.60 Å². The smallest absolute Gasteiger partial charge is 0.142 e. The van der Waals surface area contributed by atoms with E-state index < -0.39 is 16.6 Å². The Bertz CT molecular complexity index is 413. The maximum absolute atomic E-state index is 13.3. The van der Waals surface area contributed by atoms with Crippen molar-refractivity contribution in [1.82, 2.24) is 5.32 Å². The SMILES string of the molecule is CC(CS(C)=O)NC(C)c1ccc(Cl)c(F)c1. The van der Waals surface area contributed by atoms with Gasteiger partial charge in [0.2, 0.25) is 0 Å². The van der Waals surface area contributed by atoms with Crippen molar-refractivity contribution in [1.29, 1.82) is 0 Å². The van der Waals surface area contributed by atoms with Gasteiger partial charge in [0.25, 0.3) is 0 Å². The summed E-state index contributed by atoms with van der Waals surface area (Å²) in [5.74, 6) is 0.171. The monoisotopic (exact) mass is 277 g/mol. The van der Waals surface area contributed by atoms with Crippen LogP contribution in [0.4, 0.5) is 4.39 Å². The van der Waals surface area contributed by atoms with Gasteiger partial charge in [-0.05, 0) is 31.5 Å². The van der Waals surface area contributed by atoms with Crippen LogP contribution < -0.4 is 5.32 Å². The van der Waals surface area contributed by atoms with E-state index in [1.54, 1.807) is 18.4 Å². The lowest BCUT2D eigenvalue weighted by Crippen LogP contribution is -2.33. The van der Waals surface area contributed by atoms with E-state index in [4.69, 9.17) is 11.6 Å². The Kier molecular flexibility index (Phi) is 5.56. The third-order valence-electron chi connectivity index (χ3n) is 2.46. The van der Waals surface area contributed by atoms with Crippen molar-refractivity contribution in [2.24, 2.45) is 0 Å². The van der Waals surface area contributed by atoms with E-state index in [0.717, 1.165) is 5.56 Å². The second kappa shape index (κ2) is 6.47. The van der Waals surface area contributed by atoms with E-state index in [9.17, 15) is 8.60 Å². The fourth-order valence-electron chi connectivity index (χ4n) is 1.70. The van der Waals surface area contributed by atoms with Gasteiger partial charge in [0, 0.05) is 34.9 Å². The molecule has 5 heteroatoms. The van der Waals surface area contributed by atoms with Gasteiger partial charge in [-0.3, -0.25) is 4.21 Å². The standard InChI is InChI=1S/C12H17ClFNOS/c1-8(7-17(3)16)15-9(2)10-4-5-11(13)12(14)6-10/h4-6,8-9,15H,7H2,1-3H3. The maximum Gasteiger partial charge on any atom is 0.142 e. The number of rotatable bonds is 5. The van der Waals surface area contributed by atoms with Gasteiger partial charge in [-0.2, -0.15) is 0 Å². The highest BCUT2D eigenvalue weighted by molar-refractivity contribution is 7.84. The Balaban J connectivity index is 2.66. The number of hydrogen-bond acceptors (Lipinski definition) is 2. The number of halogens is 2. The Labute approximate surface area is 109 Å². The molecular weight excluding hydrogens is 261 g/mol. The van der Waals surface area contributed by atoms with E-state index in [1.165, 1.54) is 6.07 Å². The van der Waals surface area contributed by atoms with Crippen LogP contribution in [0, 0.1) is 5.82 Å². The van der Waals surface area contributed by atoms with Crippen molar-refractivity contribution in [3.63, 3.8) is 0 Å². The van der Waals surface area contributed by atoms with Gasteiger partial charge in [-0.25, -0.2) is 4.39 Å². The average molecular weight is 278 g/mol. The summed E-state index contributed by atoms with van der Waals surface area (Å²) in [4.78, 5) is 0. The molecule has 0 amide bonds. The van der Waals surface area contributed by atoms with Crippen LogP contribution in [-0.2, 0) is 10.8 Å². The van der Waals surface area contributed by atoms with Gasteiger partial charge in [-0.1, -0.05) is 17.7 Å². The van der Waals surface area contributed by atoms with Gasteiger partial charge >= 0.3 is 0 Å². The highest BCUT2D eigenvalue weighted by atomic mass is 35.5. The van der Waals surface area contributed by atoms with Crippen LogP contribution in [0.1, 0.15) is 25.5 Å². The molecule has 0 bridgehead atoms. The normalized spacial score (nSPS) is 16.5. The molecule has 0 heterocycles. The molecule has 1 rings (SSSR count). The molecule has 3 atom stereocenters. The molecule has 0 fully saturated rings. The Morgan fingerprint density at radius 1 is 1.47 bits per heavy atom. The topological polar surface area (TPSA) is 29.1 Å². The lowest BCUT2D eigenvalue weighted by atomic mass is 10.1. The molecular formula is C12H17ClFNOS. The molecule has 0 saturated heterocycles. The largest absolute Gasteiger partial charge is 0.307 e. The van der Waals surface area contributed by atoms with Gasteiger partial charge in [0.05, 0.1) is 5.02 Å². The Hall–Kier alpha value is -0.450. The summed E-state index contributed by atoms with van der Waals surface area (Å²) in [5.41, 5.74) is 0.834. The van der Waals surface area contributed by atoms with Crippen LogP contribution in [0.25, 0.3) is 0 Å². The number of nitrogens with one attached hydrogen (secondary N) is 1. The number of benzene rings is 1. The van der Waals surface area contributed by atoms with Gasteiger partial charge < -0.3 is 5.32 Å². The molecule has 0 aliphatic heterocycles. The summed E-state index contributed by atoms with van der Waals surface area (Å²) in [5, 5.41) is 3.40. The van der Waals surface area contributed by atoms with Gasteiger partial charge in [0.1, 0.15) is 5.82 Å². The third kappa shape index (κ3) is 4.74. The van der Waals surface area contributed by atoms with Crippen LogP contribution in [0.5, 0.6) is 0 Å².